The summed E-state index contributed by atoms with van der Waals surface area (Å²) >= 11 is 3.45. The molecule has 2 aliphatic carbocycles. The van der Waals surface area contributed by atoms with Gasteiger partial charge < -0.3 is 14.8 Å². The van der Waals surface area contributed by atoms with Crippen LogP contribution in [0, 0.1) is 17.3 Å². The molecule has 21 heavy (non-hydrogen) atoms. The summed E-state index contributed by atoms with van der Waals surface area (Å²) in [6, 6.07) is 5.75. The summed E-state index contributed by atoms with van der Waals surface area (Å²) in [4.78, 5) is 12.3. The number of benzene rings is 1. The largest absolute Gasteiger partial charge is 0.491 e. The molecule has 1 N–H and O–H groups in total. The number of amides is 1. The van der Waals surface area contributed by atoms with E-state index in [1.54, 1.807) is 0 Å². The van der Waals surface area contributed by atoms with E-state index in [4.69, 9.17) is 9.47 Å². The standard InChI is InChI=1S/C16H18BrNO3/c17-12-1-2-14(21-9-10-3-4-20-8-10)13(5-12)18-15(19)16-6-11(16)7-16/h1-2,5,10-11H,3-4,6-9H2,(H,18,19). The molecular weight excluding hydrogens is 334 g/mol. The molecule has 0 spiro atoms. The lowest BCUT2D eigenvalue weighted by Gasteiger charge is -2.15. The first-order valence-electron chi connectivity index (χ1n) is 7.49. The summed E-state index contributed by atoms with van der Waals surface area (Å²) in [5, 5.41) is 3.05. The van der Waals surface area contributed by atoms with Gasteiger partial charge in [-0.3, -0.25) is 4.79 Å². The van der Waals surface area contributed by atoms with Gasteiger partial charge in [0.1, 0.15) is 5.75 Å². The van der Waals surface area contributed by atoms with Crippen molar-refractivity contribution in [3.8, 4) is 5.75 Å². The van der Waals surface area contributed by atoms with Crippen molar-refractivity contribution >= 4 is 27.5 Å². The zero-order chi connectivity index (χ0) is 14.4. The average Bonchev–Trinajstić information content (AvgIpc) is 3.25. The molecule has 1 aromatic rings. The molecule has 1 unspecified atom stereocenters. The molecule has 4 rings (SSSR count). The van der Waals surface area contributed by atoms with Gasteiger partial charge in [0.25, 0.3) is 0 Å². The maximum atomic E-state index is 12.3. The number of nitrogens with one attached hydrogen (secondary N) is 1. The Hall–Kier alpha value is -1.07. The molecule has 0 radical (unpaired) electrons. The van der Waals surface area contributed by atoms with Gasteiger partial charge in [-0.2, -0.15) is 0 Å². The van der Waals surface area contributed by atoms with Gasteiger partial charge in [0.05, 0.1) is 24.3 Å². The molecule has 3 fully saturated rings. The third-order valence-corrected chi connectivity index (χ3v) is 5.32. The number of carbonyl (C=O) groups is 1. The Morgan fingerprint density at radius 1 is 1.48 bits per heavy atom. The summed E-state index contributed by atoms with van der Waals surface area (Å²) in [5.74, 6) is 1.99. The van der Waals surface area contributed by atoms with Crippen LogP contribution in [0.3, 0.4) is 0 Å². The van der Waals surface area contributed by atoms with Crippen LogP contribution in [0.1, 0.15) is 19.3 Å². The van der Waals surface area contributed by atoms with Gasteiger partial charge in [-0.05, 0) is 43.4 Å². The normalized spacial score (nSPS) is 32.4. The van der Waals surface area contributed by atoms with Gasteiger partial charge in [0.15, 0.2) is 0 Å². The Morgan fingerprint density at radius 2 is 2.29 bits per heavy atom. The minimum absolute atomic E-state index is 0.0289. The minimum atomic E-state index is -0.0289. The second-order valence-electron chi connectivity index (χ2n) is 6.40. The van der Waals surface area contributed by atoms with Crippen molar-refractivity contribution < 1.29 is 14.3 Å². The third-order valence-electron chi connectivity index (χ3n) is 4.82. The number of rotatable bonds is 5. The van der Waals surface area contributed by atoms with Crippen molar-refractivity contribution in [2.45, 2.75) is 19.3 Å². The van der Waals surface area contributed by atoms with Crippen LogP contribution in [-0.2, 0) is 9.53 Å². The molecule has 1 saturated heterocycles. The Labute approximate surface area is 132 Å². The maximum absolute atomic E-state index is 12.3. The molecule has 1 atom stereocenters. The quantitative estimate of drug-likeness (QED) is 0.885. The third kappa shape index (κ3) is 2.57. The van der Waals surface area contributed by atoms with Crippen molar-refractivity contribution in [1.29, 1.82) is 0 Å². The van der Waals surface area contributed by atoms with Crippen LogP contribution in [-0.4, -0.2) is 25.7 Å². The molecule has 112 valence electrons. The highest BCUT2D eigenvalue weighted by Gasteiger charge is 2.74. The molecule has 3 aliphatic rings. The molecule has 0 bridgehead atoms. The summed E-state index contributed by atoms with van der Waals surface area (Å²) < 4.78 is 12.2. The highest BCUT2D eigenvalue weighted by Crippen LogP contribution is 2.75. The van der Waals surface area contributed by atoms with Crippen LogP contribution in [0.2, 0.25) is 0 Å². The SMILES string of the molecule is O=C(Nc1cc(Br)ccc1OCC1CCOC1)C12CC1C2. The van der Waals surface area contributed by atoms with Crippen LogP contribution in [0.4, 0.5) is 5.69 Å². The number of hydrogen-bond donors (Lipinski definition) is 1. The van der Waals surface area contributed by atoms with E-state index in [2.05, 4.69) is 21.2 Å². The Bertz CT molecular complexity index is 577. The van der Waals surface area contributed by atoms with Crippen molar-refractivity contribution in [2.75, 3.05) is 25.1 Å². The van der Waals surface area contributed by atoms with E-state index >= 15 is 0 Å². The minimum Gasteiger partial charge on any atom is -0.491 e. The Balaban J connectivity index is 1.45. The topological polar surface area (TPSA) is 47.6 Å². The molecule has 1 heterocycles. The number of fused-ring (bicyclic) bond motifs is 1. The average molecular weight is 352 g/mol. The van der Waals surface area contributed by atoms with Crippen LogP contribution in [0.5, 0.6) is 5.75 Å². The van der Waals surface area contributed by atoms with Crippen LogP contribution < -0.4 is 10.1 Å². The van der Waals surface area contributed by atoms with Gasteiger partial charge in [-0.25, -0.2) is 0 Å². The van der Waals surface area contributed by atoms with Gasteiger partial charge >= 0.3 is 0 Å². The van der Waals surface area contributed by atoms with Gasteiger partial charge in [-0.15, -0.1) is 0 Å². The lowest BCUT2D eigenvalue weighted by molar-refractivity contribution is -0.119. The van der Waals surface area contributed by atoms with Crippen molar-refractivity contribution in [2.24, 2.45) is 17.3 Å². The summed E-state index contributed by atoms with van der Waals surface area (Å²) in [6.45, 7) is 2.23. The highest BCUT2D eigenvalue weighted by atomic mass is 79.9. The van der Waals surface area contributed by atoms with Crippen molar-refractivity contribution in [3.05, 3.63) is 22.7 Å². The fourth-order valence-electron chi connectivity index (χ4n) is 2.97. The van der Waals surface area contributed by atoms with E-state index in [1.165, 1.54) is 0 Å². The Morgan fingerprint density at radius 3 is 2.95 bits per heavy atom. The first kappa shape index (κ1) is 13.6. The highest BCUT2D eigenvalue weighted by molar-refractivity contribution is 9.10. The molecule has 1 aromatic carbocycles. The number of halogens is 1. The number of ether oxygens (including phenoxy) is 2. The first-order valence-corrected chi connectivity index (χ1v) is 8.28. The summed E-state index contributed by atoms with van der Waals surface area (Å²) in [5.41, 5.74) is 0.735. The predicted molar refractivity (Wildman–Crippen MR) is 82.3 cm³/mol. The van der Waals surface area contributed by atoms with Gasteiger partial charge in [0.2, 0.25) is 5.91 Å². The fraction of sp³-hybridized carbons (Fsp3) is 0.562. The van der Waals surface area contributed by atoms with E-state index in [-0.39, 0.29) is 11.3 Å². The van der Waals surface area contributed by atoms with Crippen LogP contribution in [0.15, 0.2) is 22.7 Å². The van der Waals surface area contributed by atoms with Crippen LogP contribution >= 0.6 is 15.9 Å². The zero-order valence-corrected chi connectivity index (χ0v) is 13.3. The molecule has 1 aliphatic heterocycles. The second kappa shape index (κ2) is 4.99. The van der Waals surface area contributed by atoms with E-state index in [0.29, 0.717) is 18.4 Å². The molecular formula is C16H18BrNO3. The lowest BCUT2D eigenvalue weighted by atomic mass is 10.1. The van der Waals surface area contributed by atoms with Gasteiger partial charge in [0, 0.05) is 17.0 Å². The fourth-order valence-corrected chi connectivity index (χ4v) is 3.33. The zero-order valence-electron chi connectivity index (χ0n) is 11.7. The smallest absolute Gasteiger partial charge is 0.230 e. The predicted octanol–water partition coefficient (Wildman–Crippen LogP) is 3.21. The van der Waals surface area contributed by atoms with Gasteiger partial charge in [-0.1, -0.05) is 15.9 Å². The van der Waals surface area contributed by atoms with Crippen LogP contribution in [0.25, 0.3) is 0 Å². The van der Waals surface area contributed by atoms with E-state index in [1.807, 2.05) is 18.2 Å². The maximum Gasteiger partial charge on any atom is 0.230 e. The van der Waals surface area contributed by atoms with E-state index in [0.717, 1.165) is 48.4 Å². The van der Waals surface area contributed by atoms with E-state index in [9.17, 15) is 4.79 Å². The monoisotopic (exact) mass is 351 g/mol. The summed E-state index contributed by atoms with van der Waals surface area (Å²) in [7, 11) is 0. The second-order valence-corrected chi connectivity index (χ2v) is 7.31. The Kier molecular flexibility index (Phi) is 3.23. The first-order chi connectivity index (χ1) is 10.2. The number of anilines is 1. The molecule has 5 heteroatoms. The number of hydrogen-bond acceptors (Lipinski definition) is 3. The number of carbonyl (C=O) groups excluding carboxylic acids is 1. The summed E-state index contributed by atoms with van der Waals surface area (Å²) in [6.07, 6.45) is 3.16. The van der Waals surface area contributed by atoms with Crippen molar-refractivity contribution in [3.63, 3.8) is 0 Å². The molecule has 2 saturated carbocycles. The van der Waals surface area contributed by atoms with E-state index < -0.39 is 0 Å². The lowest BCUT2D eigenvalue weighted by Crippen LogP contribution is -2.19. The molecule has 0 aromatic heterocycles. The molecule has 4 nitrogen and oxygen atoms in total. The molecule has 1 amide bonds. The van der Waals surface area contributed by atoms with Crippen molar-refractivity contribution in [1.82, 2.24) is 0 Å².